The fourth-order valence-electron chi connectivity index (χ4n) is 1.22. The number of carboxylic acids is 1. The summed E-state index contributed by atoms with van der Waals surface area (Å²) in [6.45, 7) is 0.693. The number of carboxylic acid groups (broad SMARTS) is 1. The quantitative estimate of drug-likeness (QED) is 0.601. The smallest absolute Gasteiger partial charge is 0.337 e. The molecule has 2 rings (SSSR count). The van der Waals surface area contributed by atoms with Crippen LogP contribution in [-0.2, 0) is 4.74 Å². The molecule has 8 nitrogen and oxygen atoms in total. The first kappa shape index (κ1) is 11.3. The van der Waals surface area contributed by atoms with Gasteiger partial charge in [-0.2, -0.15) is 0 Å². The van der Waals surface area contributed by atoms with Gasteiger partial charge in [0, 0.05) is 12.3 Å². The molecule has 2 heterocycles. The average Bonchev–Trinajstić information content (AvgIpc) is 2.23. The normalized spacial score (nSPS) is 15.1. The molecule has 1 aromatic heterocycles. The Bertz CT molecular complexity index is 471. The molecule has 1 N–H and O–H groups in total. The highest BCUT2D eigenvalue weighted by molar-refractivity contribution is 5.88. The second kappa shape index (κ2) is 4.34. The summed E-state index contributed by atoms with van der Waals surface area (Å²) in [4.78, 5) is 24.3. The molecular formula is C9H8N2O6. The van der Waals surface area contributed by atoms with E-state index >= 15 is 0 Å². The summed E-state index contributed by atoms with van der Waals surface area (Å²) < 4.78 is 10.1. The molecule has 0 atom stereocenters. The van der Waals surface area contributed by atoms with Gasteiger partial charge in [-0.25, -0.2) is 9.78 Å². The summed E-state index contributed by atoms with van der Waals surface area (Å²) in [7, 11) is 0. The molecule has 0 spiro atoms. The van der Waals surface area contributed by atoms with Crippen LogP contribution in [0.15, 0.2) is 12.3 Å². The molecule has 1 aromatic rings. The molecule has 0 bridgehead atoms. The van der Waals surface area contributed by atoms with E-state index in [9.17, 15) is 14.9 Å². The minimum Gasteiger partial charge on any atom is -0.478 e. The largest absolute Gasteiger partial charge is 0.478 e. The highest BCUT2D eigenvalue weighted by Crippen LogP contribution is 2.27. The second-order valence-electron chi connectivity index (χ2n) is 3.39. The van der Waals surface area contributed by atoms with Crippen molar-refractivity contribution in [1.29, 1.82) is 0 Å². The molecule has 8 heteroatoms. The van der Waals surface area contributed by atoms with E-state index in [0.717, 1.165) is 12.3 Å². The van der Waals surface area contributed by atoms with Crippen LogP contribution in [0.4, 0.5) is 5.69 Å². The average molecular weight is 240 g/mol. The first-order valence-electron chi connectivity index (χ1n) is 4.70. The number of nitro groups is 1. The molecule has 1 fully saturated rings. The Morgan fingerprint density at radius 2 is 2.35 bits per heavy atom. The molecule has 17 heavy (non-hydrogen) atoms. The fraction of sp³-hybridized carbons (Fsp3) is 0.333. The molecule has 0 unspecified atom stereocenters. The highest BCUT2D eigenvalue weighted by Gasteiger charge is 2.26. The third-order valence-electron chi connectivity index (χ3n) is 2.16. The van der Waals surface area contributed by atoms with Crippen molar-refractivity contribution in [3.8, 4) is 5.88 Å². The minimum absolute atomic E-state index is 0.187. The van der Waals surface area contributed by atoms with Crippen LogP contribution in [0.5, 0.6) is 5.88 Å². The lowest BCUT2D eigenvalue weighted by Crippen LogP contribution is -2.38. The van der Waals surface area contributed by atoms with E-state index in [1.54, 1.807) is 0 Å². The van der Waals surface area contributed by atoms with E-state index < -0.39 is 16.6 Å². The van der Waals surface area contributed by atoms with Gasteiger partial charge in [-0.15, -0.1) is 0 Å². The van der Waals surface area contributed by atoms with Crippen LogP contribution in [0, 0.1) is 10.1 Å². The maximum absolute atomic E-state index is 10.7. The van der Waals surface area contributed by atoms with Crippen LogP contribution >= 0.6 is 0 Å². The number of hydrogen-bond acceptors (Lipinski definition) is 6. The maximum Gasteiger partial charge on any atom is 0.337 e. The van der Waals surface area contributed by atoms with Gasteiger partial charge >= 0.3 is 11.7 Å². The summed E-state index contributed by atoms with van der Waals surface area (Å²) in [6, 6.07) is 0.921. The van der Waals surface area contributed by atoms with Crippen LogP contribution in [0.3, 0.4) is 0 Å². The number of hydrogen-bond donors (Lipinski definition) is 1. The minimum atomic E-state index is -1.28. The van der Waals surface area contributed by atoms with Crippen molar-refractivity contribution < 1.29 is 24.3 Å². The Morgan fingerprint density at radius 3 is 2.82 bits per heavy atom. The van der Waals surface area contributed by atoms with Crippen molar-refractivity contribution >= 4 is 11.7 Å². The number of ether oxygens (including phenoxy) is 2. The van der Waals surface area contributed by atoms with Gasteiger partial charge in [0.15, 0.2) is 0 Å². The lowest BCUT2D eigenvalue weighted by molar-refractivity contribution is -0.386. The zero-order valence-corrected chi connectivity index (χ0v) is 8.53. The van der Waals surface area contributed by atoms with Gasteiger partial charge in [-0.1, -0.05) is 0 Å². The van der Waals surface area contributed by atoms with Crippen molar-refractivity contribution in [3.05, 3.63) is 27.9 Å². The molecule has 1 aliphatic heterocycles. The molecule has 0 radical (unpaired) electrons. The highest BCUT2D eigenvalue weighted by atomic mass is 16.6. The topological polar surface area (TPSA) is 112 Å². The monoisotopic (exact) mass is 240 g/mol. The number of pyridine rings is 1. The lowest BCUT2D eigenvalue weighted by Gasteiger charge is -2.25. The fourth-order valence-corrected chi connectivity index (χ4v) is 1.22. The van der Waals surface area contributed by atoms with Crippen LogP contribution in [0.25, 0.3) is 0 Å². The number of rotatable bonds is 4. The van der Waals surface area contributed by atoms with E-state index in [1.807, 2.05) is 0 Å². The first-order chi connectivity index (χ1) is 8.08. The van der Waals surface area contributed by atoms with E-state index in [-0.39, 0.29) is 17.5 Å². The molecule has 0 aromatic carbocycles. The van der Waals surface area contributed by atoms with E-state index in [1.165, 1.54) is 0 Å². The SMILES string of the molecule is O=C(O)c1cnc(OC2COC2)c([N+](=O)[O-])c1. The third-order valence-corrected chi connectivity index (χ3v) is 2.16. The number of nitrogens with zero attached hydrogens (tertiary/aromatic N) is 2. The summed E-state index contributed by atoms with van der Waals surface area (Å²) in [6.07, 6.45) is 0.751. The standard InChI is InChI=1S/C9H8N2O6/c12-9(13)5-1-7(11(14)15)8(10-2-5)17-6-3-16-4-6/h1-2,6H,3-4H2,(H,12,13). The Labute approximate surface area is 94.9 Å². The zero-order valence-electron chi connectivity index (χ0n) is 8.53. The van der Waals surface area contributed by atoms with Crippen molar-refractivity contribution in [2.24, 2.45) is 0 Å². The van der Waals surface area contributed by atoms with Crippen molar-refractivity contribution in [3.63, 3.8) is 0 Å². The Balaban J connectivity index is 2.30. The summed E-state index contributed by atoms with van der Waals surface area (Å²) in [5.74, 6) is -1.47. The predicted octanol–water partition coefficient (Wildman–Crippen LogP) is 0.466. The third kappa shape index (κ3) is 2.31. The van der Waals surface area contributed by atoms with E-state index in [0.29, 0.717) is 13.2 Å². The Kier molecular flexibility index (Phi) is 2.88. The molecule has 1 aliphatic rings. The van der Waals surface area contributed by atoms with Gasteiger partial charge in [-0.3, -0.25) is 10.1 Å². The van der Waals surface area contributed by atoms with E-state index in [4.69, 9.17) is 14.6 Å². The number of aromatic nitrogens is 1. The lowest BCUT2D eigenvalue weighted by atomic mass is 10.2. The van der Waals surface area contributed by atoms with Gasteiger partial charge in [0.2, 0.25) is 0 Å². The predicted molar refractivity (Wildman–Crippen MR) is 53.1 cm³/mol. The Hall–Kier alpha value is -2.22. The van der Waals surface area contributed by atoms with Crippen molar-refractivity contribution in [1.82, 2.24) is 4.98 Å². The molecule has 0 amide bonds. The molecule has 0 aliphatic carbocycles. The van der Waals surface area contributed by atoms with Crippen molar-refractivity contribution in [2.45, 2.75) is 6.10 Å². The van der Waals surface area contributed by atoms with Gasteiger partial charge < -0.3 is 14.6 Å². The molecule has 0 saturated carbocycles. The van der Waals surface area contributed by atoms with Crippen LogP contribution in [-0.4, -0.2) is 40.3 Å². The number of carbonyl (C=O) groups is 1. The first-order valence-corrected chi connectivity index (χ1v) is 4.70. The van der Waals surface area contributed by atoms with Crippen LogP contribution in [0.2, 0.25) is 0 Å². The molecular weight excluding hydrogens is 232 g/mol. The summed E-state index contributed by atoms with van der Waals surface area (Å²) >= 11 is 0. The molecule has 1 saturated heterocycles. The van der Waals surface area contributed by atoms with E-state index in [2.05, 4.69) is 4.98 Å². The Morgan fingerprint density at radius 1 is 1.65 bits per heavy atom. The van der Waals surface area contributed by atoms with Crippen LogP contribution in [0.1, 0.15) is 10.4 Å². The number of aromatic carboxylic acids is 1. The van der Waals surface area contributed by atoms with Gasteiger partial charge in [0.25, 0.3) is 5.88 Å². The van der Waals surface area contributed by atoms with Gasteiger partial charge in [0.05, 0.1) is 23.7 Å². The second-order valence-corrected chi connectivity index (χ2v) is 3.39. The summed E-state index contributed by atoms with van der Waals surface area (Å²) in [5, 5.41) is 19.4. The van der Waals surface area contributed by atoms with Crippen molar-refractivity contribution in [2.75, 3.05) is 13.2 Å². The summed E-state index contributed by atoms with van der Waals surface area (Å²) in [5.41, 5.74) is -0.717. The van der Waals surface area contributed by atoms with Gasteiger partial charge in [0.1, 0.15) is 6.10 Å². The zero-order chi connectivity index (χ0) is 12.4. The van der Waals surface area contributed by atoms with Gasteiger partial charge in [-0.05, 0) is 0 Å². The molecule has 90 valence electrons. The maximum atomic E-state index is 10.7. The van der Waals surface area contributed by atoms with Crippen LogP contribution < -0.4 is 4.74 Å².